The van der Waals surface area contributed by atoms with Gasteiger partial charge < -0.3 is 19.4 Å². The highest BCUT2D eigenvalue weighted by molar-refractivity contribution is 5.78. The Hall–Kier alpha value is -2.71. The van der Waals surface area contributed by atoms with Gasteiger partial charge in [-0.25, -0.2) is 4.98 Å². The number of oxazole rings is 1. The number of benzene rings is 1. The molecule has 1 aromatic heterocycles. The Bertz CT molecular complexity index is 842. The Labute approximate surface area is 183 Å². The van der Waals surface area contributed by atoms with E-state index in [0.29, 0.717) is 64.6 Å². The second kappa shape index (κ2) is 11.6. The van der Waals surface area contributed by atoms with E-state index in [-0.39, 0.29) is 11.8 Å². The van der Waals surface area contributed by atoms with Crippen LogP contribution >= 0.6 is 0 Å². The van der Waals surface area contributed by atoms with Crippen LogP contribution in [0, 0.1) is 6.92 Å². The van der Waals surface area contributed by atoms with Crippen LogP contribution in [0.5, 0.6) is 0 Å². The van der Waals surface area contributed by atoms with Gasteiger partial charge in [-0.2, -0.15) is 0 Å². The fourth-order valence-corrected chi connectivity index (χ4v) is 3.51. The maximum Gasteiger partial charge on any atom is 0.234 e. The molecule has 0 bridgehead atoms. The van der Waals surface area contributed by atoms with Gasteiger partial charge in [-0.3, -0.25) is 14.5 Å². The number of amides is 2. The molecule has 2 heterocycles. The van der Waals surface area contributed by atoms with E-state index >= 15 is 0 Å². The van der Waals surface area contributed by atoms with Gasteiger partial charge in [-0.05, 0) is 13.3 Å². The summed E-state index contributed by atoms with van der Waals surface area (Å²) in [5.74, 6) is 1.41. The van der Waals surface area contributed by atoms with Crippen molar-refractivity contribution >= 4 is 11.8 Å². The predicted octanol–water partition coefficient (Wildman–Crippen LogP) is 1.88. The smallest absolute Gasteiger partial charge is 0.234 e. The molecule has 1 fully saturated rings. The van der Waals surface area contributed by atoms with E-state index in [4.69, 9.17) is 9.15 Å². The van der Waals surface area contributed by atoms with Crippen molar-refractivity contribution in [3.63, 3.8) is 0 Å². The summed E-state index contributed by atoms with van der Waals surface area (Å²) < 4.78 is 10.8. The van der Waals surface area contributed by atoms with E-state index in [2.05, 4.69) is 15.2 Å². The van der Waals surface area contributed by atoms with Crippen molar-refractivity contribution in [2.45, 2.75) is 26.2 Å². The van der Waals surface area contributed by atoms with E-state index in [9.17, 15) is 9.59 Å². The minimum atomic E-state index is 0.0177. The van der Waals surface area contributed by atoms with E-state index in [1.165, 1.54) is 5.56 Å². The van der Waals surface area contributed by atoms with Crippen LogP contribution in [0.3, 0.4) is 0 Å². The predicted molar refractivity (Wildman–Crippen MR) is 118 cm³/mol. The average molecular weight is 429 g/mol. The fourth-order valence-electron chi connectivity index (χ4n) is 3.51. The molecule has 8 heteroatoms. The number of nitrogens with one attached hydrogen (secondary N) is 1. The molecular weight excluding hydrogens is 396 g/mol. The van der Waals surface area contributed by atoms with Gasteiger partial charge in [0.25, 0.3) is 0 Å². The van der Waals surface area contributed by atoms with Crippen LogP contribution in [-0.2, 0) is 20.7 Å². The Kier molecular flexibility index (Phi) is 8.61. The molecule has 0 saturated carbocycles. The maximum absolute atomic E-state index is 12.6. The lowest BCUT2D eigenvalue weighted by Gasteiger charge is -2.34. The van der Waals surface area contributed by atoms with Crippen molar-refractivity contribution < 1.29 is 18.7 Å². The van der Waals surface area contributed by atoms with Gasteiger partial charge in [0.2, 0.25) is 11.8 Å². The molecule has 1 aromatic carbocycles. The second-order valence-corrected chi connectivity index (χ2v) is 7.84. The standard InChI is InChI=1S/C23H32N4O4/c1-18-4-6-19(7-5-18)20-16-25-22(31-20)8-9-23(29)27-13-11-26(12-14-27)17-21(28)24-10-3-15-30-2/h4-7,16H,3,8-15,17H2,1-2H3,(H,24,28). The SMILES string of the molecule is COCCCNC(=O)CN1CCN(C(=O)CCc2ncc(-c3ccc(C)cc3)o2)CC1. The van der Waals surface area contributed by atoms with Crippen LogP contribution in [0.25, 0.3) is 11.3 Å². The molecule has 1 N–H and O–H groups in total. The lowest BCUT2D eigenvalue weighted by Crippen LogP contribution is -2.51. The molecule has 0 unspecified atom stereocenters. The fraction of sp³-hybridized carbons (Fsp3) is 0.522. The molecule has 0 aliphatic carbocycles. The van der Waals surface area contributed by atoms with Crippen LogP contribution in [-0.4, -0.2) is 79.6 Å². The van der Waals surface area contributed by atoms with Crippen molar-refractivity contribution in [2.75, 3.05) is 53.0 Å². The number of piperazine rings is 1. The summed E-state index contributed by atoms with van der Waals surface area (Å²) in [5, 5.41) is 2.90. The van der Waals surface area contributed by atoms with Gasteiger partial charge in [-0.1, -0.05) is 29.8 Å². The first kappa shape index (κ1) is 23.0. The van der Waals surface area contributed by atoms with Gasteiger partial charge in [0.15, 0.2) is 11.7 Å². The molecule has 1 aliphatic heterocycles. The number of hydrogen-bond donors (Lipinski definition) is 1. The first-order chi connectivity index (χ1) is 15.0. The van der Waals surface area contributed by atoms with Crippen molar-refractivity contribution in [3.8, 4) is 11.3 Å². The number of nitrogens with zero attached hydrogens (tertiary/aromatic N) is 3. The normalized spacial score (nSPS) is 14.6. The average Bonchev–Trinajstić information content (AvgIpc) is 3.25. The molecule has 0 atom stereocenters. The Balaban J connectivity index is 1.37. The molecule has 0 spiro atoms. The van der Waals surface area contributed by atoms with E-state index in [1.807, 2.05) is 36.1 Å². The zero-order valence-corrected chi connectivity index (χ0v) is 18.4. The van der Waals surface area contributed by atoms with E-state index in [0.717, 1.165) is 17.7 Å². The summed E-state index contributed by atoms with van der Waals surface area (Å²) in [6.45, 7) is 6.35. The summed E-state index contributed by atoms with van der Waals surface area (Å²) in [6, 6.07) is 8.08. The van der Waals surface area contributed by atoms with E-state index in [1.54, 1.807) is 13.3 Å². The number of methoxy groups -OCH3 is 1. The van der Waals surface area contributed by atoms with Gasteiger partial charge >= 0.3 is 0 Å². The number of aromatic nitrogens is 1. The summed E-state index contributed by atoms with van der Waals surface area (Å²) in [7, 11) is 1.65. The molecule has 8 nitrogen and oxygen atoms in total. The molecule has 1 saturated heterocycles. The van der Waals surface area contributed by atoms with Crippen molar-refractivity contribution in [1.29, 1.82) is 0 Å². The first-order valence-electron chi connectivity index (χ1n) is 10.8. The van der Waals surface area contributed by atoms with Gasteiger partial charge in [0.1, 0.15) is 0 Å². The maximum atomic E-state index is 12.6. The highest BCUT2D eigenvalue weighted by Gasteiger charge is 2.22. The van der Waals surface area contributed by atoms with Crippen LogP contribution in [0.4, 0.5) is 0 Å². The molecule has 31 heavy (non-hydrogen) atoms. The van der Waals surface area contributed by atoms with Crippen molar-refractivity contribution in [3.05, 3.63) is 41.9 Å². The lowest BCUT2D eigenvalue weighted by atomic mass is 10.1. The van der Waals surface area contributed by atoms with Crippen LogP contribution in [0.15, 0.2) is 34.9 Å². The highest BCUT2D eigenvalue weighted by atomic mass is 16.5. The third-order valence-corrected chi connectivity index (χ3v) is 5.38. The number of hydrogen-bond acceptors (Lipinski definition) is 6. The monoisotopic (exact) mass is 428 g/mol. The molecule has 2 aromatic rings. The first-order valence-corrected chi connectivity index (χ1v) is 10.8. The molecule has 0 radical (unpaired) electrons. The largest absolute Gasteiger partial charge is 0.441 e. The third-order valence-electron chi connectivity index (χ3n) is 5.38. The third kappa shape index (κ3) is 7.18. The summed E-state index contributed by atoms with van der Waals surface area (Å²) >= 11 is 0. The lowest BCUT2D eigenvalue weighted by molar-refractivity contribution is -0.133. The van der Waals surface area contributed by atoms with Gasteiger partial charge in [0.05, 0.1) is 12.7 Å². The van der Waals surface area contributed by atoms with Crippen LogP contribution < -0.4 is 5.32 Å². The Morgan fingerprint density at radius 2 is 1.90 bits per heavy atom. The number of ether oxygens (including phenoxy) is 1. The zero-order chi connectivity index (χ0) is 22.1. The highest BCUT2D eigenvalue weighted by Crippen LogP contribution is 2.21. The van der Waals surface area contributed by atoms with Crippen molar-refractivity contribution in [1.82, 2.24) is 20.1 Å². The number of aryl methyl sites for hydroxylation is 2. The number of carbonyl (C=O) groups excluding carboxylic acids is 2. The summed E-state index contributed by atoms with van der Waals surface area (Å²) in [6.07, 6.45) is 3.37. The van der Waals surface area contributed by atoms with Crippen LogP contribution in [0.1, 0.15) is 24.3 Å². The molecule has 2 amide bonds. The minimum Gasteiger partial charge on any atom is -0.441 e. The summed E-state index contributed by atoms with van der Waals surface area (Å²) in [4.78, 5) is 32.8. The van der Waals surface area contributed by atoms with Crippen molar-refractivity contribution in [2.24, 2.45) is 0 Å². The molecule has 3 rings (SSSR count). The van der Waals surface area contributed by atoms with E-state index < -0.39 is 0 Å². The molecule has 168 valence electrons. The van der Waals surface area contributed by atoms with Crippen LogP contribution in [0.2, 0.25) is 0 Å². The number of rotatable bonds is 10. The molecular formula is C23H32N4O4. The minimum absolute atomic E-state index is 0.0177. The second-order valence-electron chi connectivity index (χ2n) is 7.84. The zero-order valence-electron chi connectivity index (χ0n) is 18.4. The van der Waals surface area contributed by atoms with Gasteiger partial charge in [-0.15, -0.1) is 0 Å². The molecule has 1 aliphatic rings. The van der Waals surface area contributed by atoms with Gasteiger partial charge in [0, 0.05) is 64.8 Å². The summed E-state index contributed by atoms with van der Waals surface area (Å²) in [5.41, 5.74) is 2.17. The topological polar surface area (TPSA) is 87.9 Å². The Morgan fingerprint density at radius 1 is 1.16 bits per heavy atom. The number of carbonyl (C=O) groups is 2. The quantitative estimate of drug-likeness (QED) is 0.582. The Morgan fingerprint density at radius 3 is 2.61 bits per heavy atom.